The van der Waals surface area contributed by atoms with E-state index in [0.29, 0.717) is 6.42 Å². The van der Waals surface area contributed by atoms with Crippen molar-refractivity contribution in [3.63, 3.8) is 0 Å². The van der Waals surface area contributed by atoms with Crippen LogP contribution in [0.3, 0.4) is 0 Å². The van der Waals surface area contributed by atoms with Gasteiger partial charge >= 0.3 is 5.97 Å². The molecule has 0 amide bonds. The van der Waals surface area contributed by atoms with Crippen LogP contribution < -0.4 is 0 Å². The Labute approximate surface area is 69.8 Å². The molecular formula is C4H10O5S2. The van der Waals surface area contributed by atoms with Gasteiger partial charge in [0.15, 0.2) is 0 Å². The van der Waals surface area contributed by atoms with Gasteiger partial charge in [-0.25, -0.2) is 0 Å². The van der Waals surface area contributed by atoms with Crippen LogP contribution in [0.25, 0.3) is 0 Å². The van der Waals surface area contributed by atoms with E-state index in [4.69, 9.17) is 18.4 Å². The Hall–Kier alpha value is -0.240. The summed E-state index contributed by atoms with van der Waals surface area (Å²) < 4.78 is 24.0. The summed E-state index contributed by atoms with van der Waals surface area (Å²) in [6, 6.07) is 0. The highest BCUT2D eigenvalue weighted by Gasteiger charge is 1.87. The first-order valence-electron chi connectivity index (χ1n) is 2.69. The van der Waals surface area contributed by atoms with Gasteiger partial charge in [0.25, 0.3) is 9.05 Å². The quantitative estimate of drug-likeness (QED) is 0.605. The van der Waals surface area contributed by atoms with Crippen molar-refractivity contribution in [2.75, 3.05) is 0 Å². The number of rotatable bonds is 2. The van der Waals surface area contributed by atoms with E-state index in [2.05, 4.69) is 11.2 Å². The fourth-order valence-corrected chi connectivity index (χ4v) is 0.214. The van der Waals surface area contributed by atoms with Crippen molar-refractivity contribution in [1.29, 1.82) is 0 Å². The van der Waals surface area contributed by atoms with Crippen molar-refractivity contribution < 1.29 is 23.2 Å². The molecule has 0 fully saturated rings. The molecule has 0 spiro atoms. The van der Waals surface area contributed by atoms with Gasteiger partial charge in [0.1, 0.15) is 0 Å². The van der Waals surface area contributed by atoms with Crippen LogP contribution in [0.1, 0.15) is 19.8 Å². The molecule has 0 aromatic carbocycles. The Balaban J connectivity index is 0. The minimum absolute atomic E-state index is 0.292. The van der Waals surface area contributed by atoms with Crippen molar-refractivity contribution >= 4 is 26.2 Å². The van der Waals surface area contributed by atoms with Crippen LogP contribution in [0.15, 0.2) is 0 Å². The van der Waals surface area contributed by atoms with Crippen molar-refractivity contribution in [1.82, 2.24) is 0 Å². The maximum Gasteiger partial charge on any atom is 0.303 e. The number of carbonyl (C=O) groups is 1. The highest BCUT2D eigenvalue weighted by atomic mass is 32.9. The van der Waals surface area contributed by atoms with Gasteiger partial charge in [-0.15, -0.1) is 0 Å². The summed E-state index contributed by atoms with van der Waals surface area (Å²) in [6.07, 6.45) is 1.02. The van der Waals surface area contributed by atoms with Gasteiger partial charge in [0.2, 0.25) is 0 Å². The van der Waals surface area contributed by atoms with Crippen molar-refractivity contribution in [2.24, 2.45) is 0 Å². The monoisotopic (exact) mass is 202 g/mol. The molecule has 0 aliphatic carbocycles. The first-order valence-corrected chi connectivity index (χ1v) is 5.08. The molecule has 0 saturated carbocycles. The molecule has 3 N–H and O–H groups in total. The summed E-state index contributed by atoms with van der Waals surface area (Å²) in [5, 5.41) is 7.91. The highest BCUT2D eigenvalue weighted by molar-refractivity contribution is 8.26. The van der Waals surface area contributed by atoms with Gasteiger partial charge in [0, 0.05) is 17.6 Å². The minimum Gasteiger partial charge on any atom is -0.481 e. The Morgan fingerprint density at radius 1 is 1.55 bits per heavy atom. The highest BCUT2D eigenvalue weighted by Crippen LogP contribution is 1.82. The SMILES string of the molecule is CCCC(=O)O.O=S(O)(O)=S. The zero-order valence-electron chi connectivity index (χ0n) is 5.89. The number of carboxylic acid groups (broad SMARTS) is 1. The zero-order valence-corrected chi connectivity index (χ0v) is 7.52. The lowest BCUT2D eigenvalue weighted by Crippen LogP contribution is -1.90. The van der Waals surface area contributed by atoms with E-state index in [-0.39, 0.29) is 0 Å². The first-order chi connectivity index (χ1) is 4.77. The predicted molar refractivity (Wildman–Crippen MR) is 43.3 cm³/mol. The van der Waals surface area contributed by atoms with Crippen molar-refractivity contribution in [3.8, 4) is 0 Å². The molecule has 0 aromatic rings. The molecular weight excluding hydrogens is 192 g/mol. The van der Waals surface area contributed by atoms with Gasteiger partial charge in [0.05, 0.1) is 0 Å². The fraction of sp³-hybridized carbons (Fsp3) is 0.750. The largest absolute Gasteiger partial charge is 0.481 e. The molecule has 0 atom stereocenters. The summed E-state index contributed by atoms with van der Waals surface area (Å²) in [7, 11) is -3.83. The zero-order chi connectivity index (χ0) is 9.49. The van der Waals surface area contributed by atoms with E-state index in [1.807, 2.05) is 6.92 Å². The Morgan fingerprint density at radius 2 is 1.82 bits per heavy atom. The Bertz CT molecular complexity index is 187. The summed E-state index contributed by atoms with van der Waals surface area (Å²) in [4.78, 5) is 9.60. The topological polar surface area (TPSA) is 94.8 Å². The van der Waals surface area contributed by atoms with Crippen LogP contribution in [0.5, 0.6) is 0 Å². The smallest absolute Gasteiger partial charge is 0.303 e. The second-order valence-electron chi connectivity index (χ2n) is 1.59. The Kier molecular flexibility index (Phi) is 7.85. The second kappa shape index (κ2) is 6.47. The third-order valence-corrected chi connectivity index (χ3v) is 0.464. The molecule has 0 rings (SSSR count). The molecule has 68 valence electrons. The van der Waals surface area contributed by atoms with Gasteiger partial charge in [-0.3, -0.25) is 13.9 Å². The summed E-state index contributed by atoms with van der Waals surface area (Å²) in [5.74, 6) is -0.711. The van der Waals surface area contributed by atoms with Crippen molar-refractivity contribution in [3.05, 3.63) is 0 Å². The molecule has 5 nitrogen and oxygen atoms in total. The lowest BCUT2D eigenvalue weighted by atomic mass is 10.4. The van der Waals surface area contributed by atoms with Gasteiger partial charge < -0.3 is 5.11 Å². The van der Waals surface area contributed by atoms with E-state index in [0.717, 1.165) is 6.42 Å². The maximum atomic E-state index is 9.60. The van der Waals surface area contributed by atoms with Crippen LogP contribution >= 0.6 is 0 Å². The van der Waals surface area contributed by atoms with Crippen LogP contribution in [-0.2, 0) is 25.0 Å². The lowest BCUT2D eigenvalue weighted by Gasteiger charge is -1.79. The molecule has 0 aromatic heterocycles. The molecule has 7 heteroatoms. The lowest BCUT2D eigenvalue weighted by molar-refractivity contribution is -0.137. The van der Waals surface area contributed by atoms with E-state index in [9.17, 15) is 4.79 Å². The molecule has 0 aliphatic heterocycles. The van der Waals surface area contributed by atoms with E-state index in [1.165, 1.54) is 0 Å². The van der Waals surface area contributed by atoms with Crippen LogP contribution in [0.4, 0.5) is 0 Å². The summed E-state index contributed by atoms with van der Waals surface area (Å²) in [5.41, 5.74) is 0. The number of hydrogen-bond donors (Lipinski definition) is 3. The summed E-state index contributed by atoms with van der Waals surface area (Å²) >= 11 is 3.47. The van der Waals surface area contributed by atoms with Crippen LogP contribution in [0, 0.1) is 0 Å². The molecule has 0 unspecified atom stereocenters. The Morgan fingerprint density at radius 3 is 1.82 bits per heavy atom. The van der Waals surface area contributed by atoms with E-state index >= 15 is 0 Å². The van der Waals surface area contributed by atoms with E-state index in [1.54, 1.807) is 0 Å². The molecule has 0 bridgehead atoms. The standard InChI is InChI=1S/C4H8O2.H2O3S2/c1-2-3-4(5)6;1-5(2,3)4/h2-3H2,1H3,(H,5,6);(H2,1,2,3,4). The third kappa shape index (κ3) is 77.2. The molecule has 0 radical (unpaired) electrons. The normalized spacial score (nSPS) is 9.73. The average molecular weight is 202 g/mol. The predicted octanol–water partition coefficient (Wildman–Crippen LogP) is 0.550. The van der Waals surface area contributed by atoms with Gasteiger partial charge in [-0.05, 0) is 6.42 Å². The first kappa shape index (κ1) is 13.4. The second-order valence-corrected chi connectivity index (χ2v) is 3.79. The van der Waals surface area contributed by atoms with Gasteiger partial charge in [-0.1, -0.05) is 6.92 Å². The average Bonchev–Trinajstić information content (AvgIpc) is 1.58. The number of carboxylic acids is 1. The summed E-state index contributed by atoms with van der Waals surface area (Å²) in [6.45, 7) is 1.84. The molecule has 0 saturated heterocycles. The fourth-order valence-electron chi connectivity index (χ4n) is 0.214. The van der Waals surface area contributed by atoms with E-state index < -0.39 is 15.0 Å². The van der Waals surface area contributed by atoms with Gasteiger partial charge in [-0.2, -0.15) is 4.21 Å². The number of hydrogen-bond acceptors (Lipinski definition) is 3. The molecule has 0 aliphatic rings. The molecule has 11 heavy (non-hydrogen) atoms. The minimum atomic E-state index is -3.83. The van der Waals surface area contributed by atoms with Crippen LogP contribution in [-0.4, -0.2) is 24.4 Å². The number of aliphatic carboxylic acids is 1. The molecule has 0 heterocycles. The van der Waals surface area contributed by atoms with Crippen LogP contribution in [0.2, 0.25) is 0 Å². The van der Waals surface area contributed by atoms with Crippen molar-refractivity contribution in [2.45, 2.75) is 19.8 Å². The maximum absolute atomic E-state index is 9.60. The third-order valence-electron chi connectivity index (χ3n) is 0.464.